The number of hydrogen-bond acceptors (Lipinski definition) is 2. The van der Waals surface area contributed by atoms with Crippen LogP contribution in [0.4, 0.5) is 0 Å². The van der Waals surface area contributed by atoms with Crippen molar-refractivity contribution in [3.05, 3.63) is 0 Å². The summed E-state index contributed by atoms with van der Waals surface area (Å²) in [6.07, 6.45) is 2.66. The molecule has 3 heteroatoms. The van der Waals surface area contributed by atoms with E-state index in [1.165, 1.54) is 6.42 Å². The third-order valence-corrected chi connectivity index (χ3v) is 4.77. The number of ether oxygens (including phenoxy) is 2. The first-order valence-electron chi connectivity index (χ1n) is 5.34. The average molecular weight is 265 g/mol. The molecule has 0 amide bonds. The lowest BCUT2D eigenvalue weighted by molar-refractivity contribution is 0.0372. The highest BCUT2D eigenvalue weighted by Gasteiger charge is 2.44. The first-order valence-corrected chi connectivity index (χ1v) is 6.46. The molecule has 2 nitrogen and oxygen atoms in total. The minimum atomic E-state index is 0.318. The predicted octanol–water partition coefficient (Wildman–Crippen LogP) is 2.85. The van der Waals surface area contributed by atoms with Crippen molar-refractivity contribution in [3.8, 4) is 0 Å². The molecule has 0 aliphatic carbocycles. The molecule has 1 heterocycles. The standard InChI is InChI=1S/C11H21BrO2/c1-9(4-6-13-3)11(8-12)5-7-14-10(11)2/h9-10H,4-8H2,1-3H3. The maximum Gasteiger partial charge on any atom is 0.0614 e. The summed E-state index contributed by atoms with van der Waals surface area (Å²) in [7, 11) is 1.77. The first kappa shape index (κ1) is 12.5. The van der Waals surface area contributed by atoms with Gasteiger partial charge in [-0.05, 0) is 25.7 Å². The Morgan fingerprint density at radius 3 is 2.79 bits per heavy atom. The summed E-state index contributed by atoms with van der Waals surface area (Å²) in [5, 5.41) is 1.03. The van der Waals surface area contributed by atoms with E-state index in [1.807, 2.05) is 0 Å². The molecule has 0 aromatic carbocycles. The van der Waals surface area contributed by atoms with Gasteiger partial charge in [0.15, 0.2) is 0 Å². The van der Waals surface area contributed by atoms with E-state index in [1.54, 1.807) is 7.11 Å². The fourth-order valence-corrected chi connectivity index (χ4v) is 3.62. The summed E-state index contributed by atoms with van der Waals surface area (Å²) in [4.78, 5) is 0. The van der Waals surface area contributed by atoms with Gasteiger partial charge in [0.2, 0.25) is 0 Å². The summed E-state index contributed by atoms with van der Waals surface area (Å²) >= 11 is 3.65. The van der Waals surface area contributed by atoms with E-state index < -0.39 is 0 Å². The van der Waals surface area contributed by atoms with Crippen LogP contribution >= 0.6 is 15.9 Å². The molecule has 0 saturated carbocycles. The van der Waals surface area contributed by atoms with E-state index in [4.69, 9.17) is 9.47 Å². The Morgan fingerprint density at radius 1 is 1.64 bits per heavy atom. The second-order valence-corrected chi connectivity index (χ2v) is 4.87. The lowest BCUT2D eigenvalue weighted by Crippen LogP contribution is -2.37. The maximum absolute atomic E-state index is 5.69. The monoisotopic (exact) mass is 264 g/mol. The van der Waals surface area contributed by atoms with Gasteiger partial charge in [-0.2, -0.15) is 0 Å². The minimum Gasteiger partial charge on any atom is -0.385 e. The fraction of sp³-hybridized carbons (Fsp3) is 1.00. The molecule has 0 bridgehead atoms. The normalized spacial score (nSPS) is 34.7. The van der Waals surface area contributed by atoms with E-state index in [9.17, 15) is 0 Å². The van der Waals surface area contributed by atoms with Gasteiger partial charge in [0.05, 0.1) is 6.10 Å². The number of rotatable bonds is 5. The summed E-state index contributed by atoms with van der Waals surface area (Å²) in [5.41, 5.74) is 0.318. The van der Waals surface area contributed by atoms with Crippen LogP contribution in [0.1, 0.15) is 26.7 Å². The predicted molar refractivity (Wildman–Crippen MR) is 61.9 cm³/mol. The van der Waals surface area contributed by atoms with Crippen molar-refractivity contribution in [1.82, 2.24) is 0 Å². The zero-order valence-electron chi connectivity index (χ0n) is 9.38. The molecule has 0 spiro atoms. The summed E-state index contributed by atoms with van der Waals surface area (Å²) in [6, 6.07) is 0. The molecule has 0 N–H and O–H groups in total. The molecular formula is C11H21BrO2. The molecule has 84 valence electrons. The van der Waals surface area contributed by atoms with Gasteiger partial charge in [-0.3, -0.25) is 0 Å². The molecule has 0 radical (unpaired) electrons. The zero-order chi connectivity index (χ0) is 10.6. The highest BCUT2D eigenvalue weighted by molar-refractivity contribution is 9.09. The molecule has 1 aliphatic heterocycles. The molecule has 0 aromatic rings. The molecule has 3 unspecified atom stereocenters. The van der Waals surface area contributed by atoms with Gasteiger partial charge in [-0.1, -0.05) is 22.9 Å². The lowest BCUT2D eigenvalue weighted by Gasteiger charge is -2.36. The van der Waals surface area contributed by atoms with Gasteiger partial charge in [-0.25, -0.2) is 0 Å². The Labute approximate surface area is 95.5 Å². The number of halogens is 1. The number of hydrogen-bond donors (Lipinski definition) is 0. The number of alkyl halides is 1. The van der Waals surface area contributed by atoms with Crippen LogP contribution in [0, 0.1) is 11.3 Å². The third-order valence-electron chi connectivity index (χ3n) is 3.73. The maximum atomic E-state index is 5.69. The van der Waals surface area contributed by atoms with Crippen LogP contribution in [0.5, 0.6) is 0 Å². The van der Waals surface area contributed by atoms with Crippen LogP contribution < -0.4 is 0 Å². The van der Waals surface area contributed by atoms with E-state index in [0.717, 1.165) is 25.0 Å². The molecular weight excluding hydrogens is 244 g/mol. The van der Waals surface area contributed by atoms with Gasteiger partial charge in [0, 0.05) is 31.1 Å². The van der Waals surface area contributed by atoms with Crippen molar-refractivity contribution < 1.29 is 9.47 Å². The Hall–Kier alpha value is 0.400. The molecule has 1 fully saturated rings. The number of methoxy groups -OCH3 is 1. The highest BCUT2D eigenvalue weighted by atomic mass is 79.9. The molecule has 1 saturated heterocycles. The van der Waals surface area contributed by atoms with Gasteiger partial charge >= 0.3 is 0 Å². The fourth-order valence-electron chi connectivity index (χ4n) is 2.33. The Balaban J connectivity index is 2.58. The van der Waals surface area contributed by atoms with Crippen LogP contribution in [0.15, 0.2) is 0 Å². The highest BCUT2D eigenvalue weighted by Crippen LogP contribution is 2.44. The minimum absolute atomic E-state index is 0.318. The smallest absolute Gasteiger partial charge is 0.0614 e. The second kappa shape index (κ2) is 5.47. The molecule has 14 heavy (non-hydrogen) atoms. The van der Waals surface area contributed by atoms with Crippen molar-refractivity contribution >= 4 is 15.9 Å². The van der Waals surface area contributed by atoms with Crippen LogP contribution in [-0.4, -0.2) is 31.8 Å². The van der Waals surface area contributed by atoms with Crippen molar-refractivity contribution in [2.24, 2.45) is 11.3 Å². The zero-order valence-corrected chi connectivity index (χ0v) is 11.0. The lowest BCUT2D eigenvalue weighted by atomic mass is 9.72. The van der Waals surface area contributed by atoms with Crippen LogP contribution in [-0.2, 0) is 9.47 Å². The Morgan fingerprint density at radius 2 is 2.36 bits per heavy atom. The second-order valence-electron chi connectivity index (χ2n) is 4.31. The van der Waals surface area contributed by atoms with Crippen molar-refractivity contribution in [3.63, 3.8) is 0 Å². The Kier molecular flexibility index (Phi) is 4.88. The Bertz CT molecular complexity index is 175. The van der Waals surface area contributed by atoms with E-state index in [2.05, 4.69) is 29.8 Å². The molecule has 3 atom stereocenters. The van der Waals surface area contributed by atoms with Gasteiger partial charge in [0.25, 0.3) is 0 Å². The summed E-state index contributed by atoms with van der Waals surface area (Å²) < 4.78 is 10.8. The third kappa shape index (κ3) is 2.31. The molecule has 1 rings (SSSR count). The largest absolute Gasteiger partial charge is 0.385 e. The van der Waals surface area contributed by atoms with Crippen LogP contribution in [0.25, 0.3) is 0 Å². The van der Waals surface area contributed by atoms with E-state index in [-0.39, 0.29) is 0 Å². The quantitative estimate of drug-likeness (QED) is 0.712. The summed E-state index contributed by atoms with van der Waals surface area (Å²) in [6.45, 7) is 6.26. The van der Waals surface area contributed by atoms with Crippen LogP contribution in [0.3, 0.4) is 0 Å². The molecule has 0 aromatic heterocycles. The topological polar surface area (TPSA) is 18.5 Å². The van der Waals surface area contributed by atoms with Crippen LogP contribution in [0.2, 0.25) is 0 Å². The van der Waals surface area contributed by atoms with Gasteiger partial charge < -0.3 is 9.47 Å². The molecule has 1 aliphatic rings. The van der Waals surface area contributed by atoms with Gasteiger partial charge in [-0.15, -0.1) is 0 Å². The van der Waals surface area contributed by atoms with Crippen molar-refractivity contribution in [2.75, 3.05) is 25.7 Å². The van der Waals surface area contributed by atoms with Crippen molar-refractivity contribution in [2.45, 2.75) is 32.8 Å². The van der Waals surface area contributed by atoms with Crippen molar-refractivity contribution in [1.29, 1.82) is 0 Å². The first-order chi connectivity index (χ1) is 6.67. The van der Waals surface area contributed by atoms with Gasteiger partial charge in [0.1, 0.15) is 0 Å². The SMILES string of the molecule is COCCC(C)C1(CBr)CCOC1C. The summed E-state index contributed by atoms with van der Waals surface area (Å²) in [5.74, 6) is 0.652. The van der Waals surface area contributed by atoms with E-state index in [0.29, 0.717) is 17.4 Å². The van der Waals surface area contributed by atoms with E-state index >= 15 is 0 Å². The average Bonchev–Trinajstić information content (AvgIpc) is 2.57.